The summed E-state index contributed by atoms with van der Waals surface area (Å²) in [4.78, 5) is 11.8. The molecule has 18 heavy (non-hydrogen) atoms. The van der Waals surface area contributed by atoms with E-state index < -0.39 is 0 Å². The fourth-order valence-corrected chi connectivity index (χ4v) is 1.87. The normalized spacial score (nSPS) is 10.2. The Morgan fingerprint density at radius 3 is 2.33 bits per heavy atom. The minimum atomic E-state index is -0.360. The topological polar surface area (TPSA) is 54.9 Å². The zero-order valence-corrected chi connectivity index (χ0v) is 11.0. The molecule has 92 valence electrons. The van der Waals surface area contributed by atoms with Gasteiger partial charge in [0, 0.05) is 15.7 Å². The van der Waals surface area contributed by atoms with Crippen LogP contribution < -0.4 is 5.32 Å². The van der Waals surface area contributed by atoms with Crippen molar-refractivity contribution in [2.45, 2.75) is 6.92 Å². The predicted octanol–water partition coefficient (Wildman–Crippen LogP) is 3.34. The molecular formula is C12H9Cl2N3O. The molecule has 2 aromatic rings. The molecule has 0 bridgehead atoms. The van der Waals surface area contributed by atoms with E-state index in [-0.39, 0.29) is 11.6 Å². The molecule has 0 fully saturated rings. The highest BCUT2D eigenvalue weighted by Gasteiger charge is 2.08. The minimum Gasteiger partial charge on any atom is -0.320 e. The lowest BCUT2D eigenvalue weighted by Crippen LogP contribution is -2.14. The molecule has 1 aromatic heterocycles. The van der Waals surface area contributed by atoms with Gasteiger partial charge < -0.3 is 5.32 Å². The second-order valence-corrected chi connectivity index (χ2v) is 4.55. The zero-order chi connectivity index (χ0) is 13.1. The van der Waals surface area contributed by atoms with Gasteiger partial charge in [-0.3, -0.25) is 4.79 Å². The van der Waals surface area contributed by atoms with E-state index in [0.717, 1.165) is 5.69 Å². The lowest BCUT2D eigenvalue weighted by atomic mass is 10.3. The summed E-state index contributed by atoms with van der Waals surface area (Å²) in [6.07, 6.45) is 0. The lowest BCUT2D eigenvalue weighted by molar-refractivity contribution is 0.102. The SMILES string of the molecule is Cc1ccc(C(=O)Nc2cc(Cl)cc(Cl)c2)nn1. The quantitative estimate of drug-likeness (QED) is 0.919. The molecule has 0 spiro atoms. The van der Waals surface area contributed by atoms with Gasteiger partial charge in [0.1, 0.15) is 0 Å². The Morgan fingerprint density at radius 1 is 1.11 bits per heavy atom. The number of aryl methyl sites for hydroxylation is 1. The van der Waals surface area contributed by atoms with Crippen LogP contribution in [0.4, 0.5) is 5.69 Å². The summed E-state index contributed by atoms with van der Waals surface area (Å²) in [6, 6.07) is 8.11. The van der Waals surface area contributed by atoms with Gasteiger partial charge >= 0.3 is 0 Å². The van der Waals surface area contributed by atoms with Crippen molar-refractivity contribution in [1.82, 2.24) is 10.2 Å². The second kappa shape index (κ2) is 5.33. The van der Waals surface area contributed by atoms with Crippen LogP contribution in [-0.2, 0) is 0 Å². The molecule has 1 amide bonds. The molecule has 1 N–H and O–H groups in total. The molecule has 2 rings (SSSR count). The molecular weight excluding hydrogens is 273 g/mol. The number of hydrogen-bond donors (Lipinski definition) is 1. The van der Waals surface area contributed by atoms with Gasteiger partial charge in [-0.05, 0) is 37.3 Å². The Bertz CT molecular complexity index is 564. The molecule has 0 atom stereocenters. The lowest BCUT2D eigenvalue weighted by Gasteiger charge is -2.05. The molecule has 0 saturated heterocycles. The third kappa shape index (κ3) is 3.18. The predicted molar refractivity (Wildman–Crippen MR) is 71.2 cm³/mol. The van der Waals surface area contributed by atoms with E-state index in [1.807, 2.05) is 0 Å². The van der Waals surface area contributed by atoms with Crippen LogP contribution in [-0.4, -0.2) is 16.1 Å². The number of carbonyl (C=O) groups is 1. The van der Waals surface area contributed by atoms with Crippen LogP contribution in [0.5, 0.6) is 0 Å². The number of nitrogens with zero attached hydrogens (tertiary/aromatic N) is 2. The van der Waals surface area contributed by atoms with Crippen molar-refractivity contribution < 1.29 is 4.79 Å². The third-order valence-corrected chi connectivity index (χ3v) is 2.59. The molecule has 4 nitrogen and oxygen atoms in total. The Morgan fingerprint density at radius 2 is 1.78 bits per heavy atom. The van der Waals surface area contributed by atoms with Crippen LogP contribution in [0, 0.1) is 6.92 Å². The van der Waals surface area contributed by atoms with Crippen molar-refractivity contribution in [1.29, 1.82) is 0 Å². The number of amides is 1. The summed E-state index contributed by atoms with van der Waals surface area (Å²) >= 11 is 11.7. The number of anilines is 1. The van der Waals surface area contributed by atoms with Crippen LogP contribution >= 0.6 is 23.2 Å². The van der Waals surface area contributed by atoms with E-state index in [1.54, 1.807) is 37.3 Å². The van der Waals surface area contributed by atoms with E-state index >= 15 is 0 Å². The van der Waals surface area contributed by atoms with Crippen molar-refractivity contribution in [3.63, 3.8) is 0 Å². The number of carbonyl (C=O) groups excluding carboxylic acids is 1. The van der Waals surface area contributed by atoms with Gasteiger partial charge in [0.25, 0.3) is 5.91 Å². The molecule has 0 aliphatic carbocycles. The maximum atomic E-state index is 11.8. The summed E-state index contributed by atoms with van der Waals surface area (Å²) < 4.78 is 0. The van der Waals surface area contributed by atoms with Gasteiger partial charge in [0.2, 0.25) is 0 Å². The van der Waals surface area contributed by atoms with Crippen molar-refractivity contribution in [2.24, 2.45) is 0 Å². The van der Waals surface area contributed by atoms with E-state index in [0.29, 0.717) is 15.7 Å². The summed E-state index contributed by atoms with van der Waals surface area (Å²) in [5, 5.41) is 11.2. The van der Waals surface area contributed by atoms with Gasteiger partial charge in [0.15, 0.2) is 5.69 Å². The fraction of sp³-hybridized carbons (Fsp3) is 0.0833. The highest BCUT2D eigenvalue weighted by Crippen LogP contribution is 2.22. The summed E-state index contributed by atoms with van der Waals surface area (Å²) in [5.74, 6) is -0.360. The van der Waals surface area contributed by atoms with E-state index in [1.165, 1.54) is 0 Å². The molecule has 0 aliphatic heterocycles. The highest BCUT2D eigenvalue weighted by atomic mass is 35.5. The molecule has 1 heterocycles. The van der Waals surface area contributed by atoms with Crippen LogP contribution in [0.25, 0.3) is 0 Å². The Hall–Kier alpha value is -1.65. The average molecular weight is 282 g/mol. The van der Waals surface area contributed by atoms with Gasteiger partial charge in [-0.15, -0.1) is 5.10 Å². The van der Waals surface area contributed by atoms with Gasteiger partial charge in [-0.25, -0.2) is 0 Å². The number of benzene rings is 1. The number of nitrogens with one attached hydrogen (secondary N) is 1. The van der Waals surface area contributed by atoms with Crippen molar-refractivity contribution >= 4 is 34.8 Å². The van der Waals surface area contributed by atoms with Gasteiger partial charge in [0.05, 0.1) is 5.69 Å². The summed E-state index contributed by atoms with van der Waals surface area (Å²) in [6.45, 7) is 1.80. The molecule has 0 aliphatic rings. The first-order valence-corrected chi connectivity index (χ1v) is 5.88. The Labute approximate surface area is 114 Å². The molecule has 0 radical (unpaired) electrons. The number of rotatable bonds is 2. The number of aromatic nitrogens is 2. The minimum absolute atomic E-state index is 0.233. The number of hydrogen-bond acceptors (Lipinski definition) is 3. The number of halogens is 2. The highest BCUT2D eigenvalue weighted by molar-refractivity contribution is 6.35. The average Bonchev–Trinajstić information content (AvgIpc) is 2.28. The summed E-state index contributed by atoms with van der Waals surface area (Å²) in [7, 11) is 0. The standard InChI is InChI=1S/C12H9Cl2N3O/c1-7-2-3-11(17-16-7)12(18)15-10-5-8(13)4-9(14)6-10/h2-6H,1H3,(H,15,18). The Kier molecular flexibility index (Phi) is 3.79. The maximum absolute atomic E-state index is 11.8. The maximum Gasteiger partial charge on any atom is 0.276 e. The zero-order valence-electron chi connectivity index (χ0n) is 9.45. The first-order valence-electron chi connectivity index (χ1n) is 5.12. The fourth-order valence-electron chi connectivity index (χ4n) is 1.34. The first-order chi connectivity index (χ1) is 8.54. The van der Waals surface area contributed by atoms with Crippen LogP contribution in [0.1, 0.15) is 16.2 Å². The molecule has 6 heteroatoms. The molecule has 0 saturated carbocycles. The van der Waals surface area contributed by atoms with E-state index in [2.05, 4.69) is 15.5 Å². The van der Waals surface area contributed by atoms with Crippen LogP contribution in [0.2, 0.25) is 10.0 Å². The molecule has 1 aromatic carbocycles. The second-order valence-electron chi connectivity index (χ2n) is 3.67. The van der Waals surface area contributed by atoms with Crippen LogP contribution in [0.3, 0.4) is 0 Å². The summed E-state index contributed by atoms with van der Waals surface area (Å²) in [5.41, 5.74) is 1.49. The first kappa shape index (κ1) is 12.8. The van der Waals surface area contributed by atoms with Crippen LogP contribution in [0.15, 0.2) is 30.3 Å². The van der Waals surface area contributed by atoms with Crippen molar-refractivity contribution in [3.05, 3.63) is 51.8 Å². The third-order valence-electron chi connectivity index (χ3n) is 2.15. The largest absolute Gasteiger partial charge is 0.320 e. The smallest absolute Gasteiger partial charge is 0.276 e. The molecule has 0 unspecified atom stereocenters. The van der Waals surface area contributed by atoms with Crippen molar-refractivity contribution in [3.8, 4) is 0 Å². The van der Waals surface area contributed by atoms with E-state index in [4.69, 9.17) is 23.2 Å². The Balaban J connectivity index is 2.18. The monoisotopic (exact) mass is 281 g/mol. The van der Waals surface area contributed by atoms with E-state index in [9.17, 15) is 4.79 Å². The van der Waals surface area contributed by atoms with Gasteiger partial charge in [-0.1, -0.05) is 23.2 Å². The van der Waals surface area contributed by atoms with Gasteiger partial charge in [-0.2, -0.15) is 5.10 Å². The van der Waals surface area contributed by atoms with Crippen molar-refractivity contribution in [2.75, 3.05) is 5.32 Å².